The molecule has 0 spiro atoms. The van der Waals surface area contributed by atoms with Crippen LogP contribution in [-0.4, -0.2) is 65.1 Å². The summed E-state index contributed by atoms with van der Waals surface area (Å²) in [5, 5.41) is 26.4. The van der Waals surface area contributed by atoms with Crippen molar-refractivity contribution in [2.75, 3.05) is 13.1 Å². The summed E-state index contributed by atoms with van der Waals surface area (Å²) in [7, 11) is 0. The van der Waals surface area contributed by atoms with Crippen molar-refractivity contribution < 1.29 is 29.4 Å². The van der Waals surface area contributed by atoms with E-state index >= 15 is 0 Å². The lowest BCUT2D eigenvalue weighted by Crippen LogP contribution is -2.54. The van der Waals surface area contributed by atoms with Gasteiger partial charge in [0, 0.05) is 6.42 Å². The van der Waals surface area contributed by atoms with E-state index in [4.69, 9.17) is 11.5 Å². The first-order valence-corrected chi connectivity index (χ1v) is 12.1. The summed E-state index contributed by atoms with van der Waals surface area (Å²) in [6, 6.07) is 12.0. The van der Waals surface area contributed by atoms with Crippen LogP contribution in [0.15, 0.2) is 54.6 Å². The summed E-state index contributed by atoms with van der Waals surface area (Å²) in [6.07, 6.45) is 1.70. The molecule has 0 radical (unpaired) electrons. The number of benzene rings is 2. The zero-order valence-corrected chi connectivity index (χ0v) is 20.6. The molecule has 11 heteroatoms. The maximum absolute atomic E-state index is 12.9. The lowest BCUT2D eigenvalue weighted by molar-refractivity contribution is -0.142. The second kappa shape index (κ2) is 15.2. The Hall–Kier alpha value is -3.96. The molecule has 3 amide bonds. The number of amides is 3. The van der Waals surface area contributed by atoms with Crippen molar-refractivity contribution in [1.82, 2.24) is 16.0 Å². The van der Waals surface area contributed by atoms with Crippen molar-refractivity contribution in [3.8, 4) is 5.75 Å². The topological polar surface area (TPSA) is 197 Å². The predicted octanol–water partition coefficient (Wildman–Crippen LogP) is -0.196. The third kappa shape index (κ3) is 10.7. The highest BCUT2D eigenvalue weighted by atomic mass is 16.4. The van der Waals surface area contributed by atoms with E-state index in [2.05, 4.69) is 16.0 Å². The molecule has 0 aliphatic carbocycles. The number of aromatic hydroxyl groups is 1. The Morgan fingerprint density at radius 1 is 0.811 bits per heavy atom. The maximum atomic E-state index is 12.9. The number of aliphatic carboxylic acids is 1. The first-order valence-electron chi connectivity index (χ1n) is 12.1. The fourth-order valence-corrected chi connectivity index (χ4v) is 3.61. The van der Waals surface area contributed by atoms with Gasteiger partial charge in [0.05, 0.1) is 12.6 Å². The van der Waals surface area contributed by atoms with Crippen molar-refractivity contribution in [3.05, 3.63) is 65.7 Å². The van der Waals surface area contributed by atoms with E-state index in [1.165, 1.54) is 12.1 Å². The summed E-state index contributed by atoms with van der Waals surface area (Å²) >= 11 is 0. The monoisotopic (exact) mass is 513 g/mol. The van der Waals surface area contributed by atoms with E-state index in [-0.39, 0.29) is 25.0 Å². The van der Waals surface area contributed by atoms with Crippen molar-refractivity contribution in [3.63, 3.8) is 0 Å². The third-order valence-corrected chi connectivity index (χ3v) is 5.65. The summed E-state index contributed by atoms with van der Waals surface area (Å²) in [5.41, 5.74) is 12.9. The molecule has 0 saturated carbocycles. The van der Waals surface area contributed by atoms with Gasteiger partial charge < -0.3 is 37.6 Å². The Labute approximate surface area is 215 Å². The lowest BCUT2D eigenvalue weighted by atomic mass is 10.0. The number of carbonyl (C=O) groups is 4. The van der Waals surface area contributed by atoms with Gasteiger partial charge in [-0.15, -0.1) is 0 Å². The number of carbonyl (C=O) groups excluding carboxylic acids is 3. The van der Waals surface area contributed by atoms with Crippen LogP contribution in [0.1, 0.15) is 30.4 Å². The highest BCUT2D eigenvalue weighted by molar-refractivity contribution is 5.92. The van der Waals surface area contributed by atoms with E-state index in [0.717, 1.165) is 11.1 Å². The number of nitrogens with two attached hydrogens (primary N) is 2. The van der Waals surface area contributed by atoms with Gasteiger partial charge in [0.2, 0.25) is 17.7 Å². The summed E-state index contributed by atoms with van der Waals surface area (Å²) in [4.78, 5) is 49.5. The van der Waals surface area contributed by atoms with Gasteiger partial charge in [-0.25, -0.2) is 4.79 Å². The van der Waals surface area contributed by atoms with Crippen molar-refractivity contribution in [1.29, 1.82) is 0 Å². The molecular formula is C26H35N5O6. The van der Waals surface area contributed by atoms with E-state index in [9.17, 15) is 29.4 Å². The molecule has 2 rings (SSSR count). The van der Waals surface area contributed by atoms with Gasteiger partial charge in [0.1, 0.15) is 17.8 Å². The Morgan fingerprint density at radius 2 is 1.46 bits per heavy atom. The average molecular weight is 514 g/mol. The molecule has 11 nitrogen and oxygen atoms in total. The van der Waals surface area contributed by atoms with E-state index in [1.54, 1.807) is 42.5 Å². The second-order valence-electron chi connectivity index (χ2n) is 8.69. The number of unbranched alkanes of at least 4 members (excludes halogenated alkanes) is 1. The zero-order chi connectivity index (χ0) is 27.2. The van der Waals surface area contributed by atoms with Crippen molar-refractivity contribution in [2.24, 2.45) is 11.5 Å². The normalized spacial score (nSPS) is 13.1. The van der Waals surface area contributed by atoms with E-state index < -0.39 is 48.4 Å². The van der Waals surface area contributed by atoms with Crippen LogP contribution in [0.2, 0.25) is 0 Å². The molecule has 37 heavy (non-hydrogen) atoms. The van der Waals surface area contributed by atoms with Gasteiger partial charge in [0.15, 0.2) is 0 Å². The van der Waals surface area contributed by atoms with Gasteiger partial charge in [-0.05, 0) is 55.5 Å². The van der Waals surface area contributed by atoms with Crippen LogP contribution in [-0.2, 0) is 32.0 Å². The second-order valence-corrected chi connectivity index (χ2v) is 8.69. The van der Waals surface area contributed by atoms with Crippen LogP contribution >= 0.6 is 0 Å². The highest BCUT2D eigenvalue weighted by Gasteiger charge is 2.27. The largest absolute Gasteiger partial charge is 0.508 e. The minimum absolute atomic E-state index is 0.0837. The molecule has 3 atom stereocenters. The number of hydrogen-bond acceptors (Lipinski definition) is 7. The summed E-state index contributed by atoms with van der Waals surface area (Å²) in [6.45, 7) is -0.00181. The fraction of sp³-hybridized carbons (Fsp3) is 0.385. The molecule has 0 saturated heterocycles. The molecule has 3 unspecified atom stereocenters. The maximum Gasteiger partial charge on any atom is 0.326 e. The van der Waals surface area contributed by atoms with Crippen LogP contribution in [0.4, 0.5) is 0 Å². The Balaban J connectivity index is 1.93. The van der Waals surface area contributed by atoms with E-state index in [1.807, 2.05) is 0 Å². The summed E-state index contributed by atoms with van der Waals surface area (Å²) < 4.78 is 0. The number of phenolic OH excluding ortho intramolecular Hbond substituents is 1. The molecule has 9 N–H and O–H groups in total. The Morgan fingerprint density at radius 3 is 2.08 bits per heavy atom. The SMILES string of the molecule is NCCCCC(NC(=O)CNC(=O)C(N)Cc1ccc(O)cc1)C(=O)NC(Cc1ccccc1)C(=O)O. The van der Waals surface area contributed by atoms with Crippen LogP contribution < -0.4 is 27.4 Å². The van der Waals surface area contributed by atoms with Crippen molar-refractivity contribution >= 4 is 23.7 Å². The minimum atomic E-state index is -1.20. The van der Waals surface area contributed by atoms with Crippen molar-refractivity contribution in [2.45, 2.75) is 50.2 Å². The van der Waals surface area contributed by atoms with Crippen LogP contribution in [0.25, 0.3) is 0 Å². The van der Waals surface area contributed by atoms with Crippen LogP contribution in [0.3, 0.4) is 0 Å². The lowest BCUT2D eigenvalue weighted by Gasteiger charge is -2.22. The molecule has 2 aromatic rings. The van der Waals surface area contributed by atoms with E-state index in [0.29, 0.717) is 19.4 Å². The Kier molecular flexibility index (Phi) is 12.0. The molecule has 0 aliphatic rings. The molecule has 200 valence electrons. The smallest absolute Gasteiger partial charge is 0.326 e. The first kappa shape index (κ1) is 29.3. The highest BCUT2D eigenvalue weighted by Crippen LogP contribution is 2.11. The van der Waals surface area contributed by atoms with Gasteiger partial charge >= 0.3 is 5.97 Å². The van der Waals surface area contributed by atoms with Crippen LogP contribution in [0, 0.1) is 0 Å². The molecular weight excluding hydrogens is 478 g/mol. The number of carboxylic acid groups (broad SMARTS) is 1. The van der Waals surface area contributed by atoms with Gasteiger partial charge in [-0.3, -0.25) is 14.4 Å². The molecule has 0 fully saturated rings. The fourth-order valence-electron chi connectivity index (χ4n) is 3.61. The quantitative estimate of drug-likeness (QED) is 0.159. The predicted molar refractivity (Wildman–Crippen MR) is 137 cm³/mol. The number of rotatable bonds is 15. The number of phenols is 1. The standard InChI is InChI=1S/C26H35N5O6/c27-13-5-4-8-21(25(35)31-22(26(36)37)15-17-6-2-1-3-7-17)30-23(33)16-29-24(34)20(28)14-18-9-11-19(32)12-10-18/h1-3,6-7,9-12,20-22,32H,4-5,8,13-16,27-28H2,(H,29,34)(H,30,33)(H,31,35)(H,36,37). The molecule has 0 aromatic heterocycles. The molecule has 2 aromatic carbocycles. The van der Waals surface area contributed by atoms with Gasteiger partial charge in [-0.2, -0.15) is 0 Å². The molecule has 0 aliphatic heterocycles. The molecule has 0 heterocycles. The number of hydrogen-bond donors (Lipinski definition) is 7. The average Bonchev–Trinajstić information content (AvgIpc) is 2.88. The zero-order valence-electron chi connectivity index (χ0n) is 20.6. The minimum Gasteiger partial charge on any atom is -0.508 e. The van der Waals surface area contributed by atoms with Crippen LogP contribution in [0.5, 0.6) is 5.75 Å². The summed E-state index contributed by atoms with van der Waals surface area (Å²) in [5.74, 6) is -2.91. The molecule has 0 bridgehead atoms. The Bertz CT molecular complexity index is 1030. The third-order valence-electron chi connectivity index (χ3n) is 5.65. The first-order chi connectivity index (χ1) is 17.7. The number of nitrogens with one attached hydrogen (secondary N) is 3. The van der Waals surface area contributed by atoms with Gasteiger partial charge in [0.25, 0.3) is 0 Å². The number of carboxylic acids is 1. The van der Waals surface area contributed by atoms with Gasteiger partial charge in [-0.1, -0.05) is 42.5 Å².